The molecular formula is C32H33FO. The number of halogens is 1. The molecule has 4 aromatic rings. The van der Waals surface area contributed by atoms with E-state index in [0.29, 0.717) is 17.6 Å². The Morgan fingerprint density at radius 3 is 2.15 bits per heavy atom. The van der Waals surface area contributed by atoms with Gasteiger partial charge in [0, 0.05) is 10.9 Å². The van der Waals surface area contributed by atoms with Crippen LogP contribution in [-0.4, -0.2) is 6.61 Å². The van der Waals surface area contributed by atoms with E-state index in [2.05, 4.69) is 25.6 Å². The van der Waals surface area contributed by atoms with Gasteiger partial charge in [-0.05, 0) is 52.6 Å². The number of fused-ring (bicyclic) bond motifs is 1. The summed E-state index contributed by atoms with van der Waals surface area (Å²) in [5, 5.41) is 1.66. The summed E-state index contributed by atoms with van der Waals surface area (Å²) in [6, 6.07) is 26.2. The van der Waals surface area contributed by atoms with E-state index in [1.54, 1.807) is 6.08 Å². The predicted molar refractivity (Wildman–Crippen MR) is 143 cm³/mol. The minimum absolute atomic E-state index is 0.150. The number of aryl methyl sites for hydroxylation is 1. The van der Waals surface area contributed by atoms with E-state index in [1.807, 2.05) is 66.7 Å². The van der Waals surface area contributed by atoms with Crippen LogP contribution in [0.15, 0.2) is 91.5 Å². The van der Waals surface area contributed by atoms with Crippen molar-refractivity contribution < 1.29 is 9.13 Å². The van der Waals surface area contributed by atoms with E-state index in [0.717, 1.165) is 34.2 Å². The summed E-state index contributed by atoms with van der Waals surface area (Å²) >= 11 is 0. The van der Waals surface area contributed by atoms with E-state index in [1.165, 1.54) is 37.7 Å². The zero-order chi connectivity index (χ0) is 23.8. The first-order valence-corrected chi connectivity index (χ1v) is 12.4. The van der Waals surface area contributed by atoms with E-state index < -0.39 is 0 Å². The van der Waals surface area contributed by atoms with Crippen LogP contribution in [0.3, 0.4) is 0 Å². The normalized spacial score (nSPS) is 11.0. The van der Waals surface area contributed by atoms with Crippen molar-refractivity contribution in [3.05, 3.63) is 103 Å². The quantitative estimate of drug-likeness (QED) is 0.163. The maximum Gasteiger partial charge on any atom is 0.138 e. The first kappa shape index (κ1) is 23.8. The lowest BCUT2D eigenvalue weighted by Crippen LogP contribution is -1.92. The van der Waals surface area contributed by atoms with Crippen molar-refractivity contribution in [1.82, 2.24) is 0 Å². The molecule has 0 heterocycles. The van der Waals surface area contributed by atoms with Gasteiger partial charge in [-0.1, -0.05) is 112 Å². The lowest BCUT2D eigenvalue weighted by Gasteiger charge is -2.10. The summed E-state index contributed by atoms with van der Waals surface area (Å²) < 4.78 is 21.0. The molecule has 4 rings (SSSR count). The van der Waals surface area contributed by atoms with Gasteiger partial charge in [0.05, 0.1) is 0 Å². The molecular weight excluding hydrogens is 419 g/mol. The molecule has 0 spiro atoms. The molecule has 4 aromatic carbocycles. The first-order chi connectivity index (χ1) is 16.7. The number of rotatable bonds is 11. The molecule has 0 fully saturated rings. The van der Waals surface area contributed by atoms with Gasteiger partial charge in [0.25, 0.3) is 0 Å². The van der Waals surface area contributed by atoms with Crippen LogP contribution in [0.4, 0.5) is 4.39 Å². The van der Waals surface area contributed by atoms with Crippen LogP contribution in [0.5, 0.6) is 5.75 Å². The molecule has 2 heteroatoms. The summed E-state index contributed by atoms with van der Waals surface area (Å²) in [4.78, 5) is 0. The second kappa shape index (κ2) is 11.7. The number of unbranched alkanes of at least 4 members (excludes halogenated alkanes) is 4. The van der Waals surface area contributed by atoms with Crippen LogP contribution in [0.1, 0.15) is 44.6 Å². The molecule has 1 nitrogen and oxygen atoms in total. The third-order valence-corrected chi connectivity index (χ3v) is 6.34. The smallest absolute Gasteiger partial charge is 0.138 e. The van der Waals surface area contributed by atoms with Crippen molar-refractivity contribution in [3.63, 3.8) is 0 Å². The fraction of sp³-hybridized carbons (Fsp3) is 0.250. The molecule has 0 saturated carbocycles. The second-order valence-electron chi connectivity index (χ2n) is 8.85. The summed E-state index contributed by atoms with van der Waals surface area (Å²) in [5.74, 6) is 0.668. The van der Waals surface area contributed by atoms with Gasteiger partial charge in [-0.25, -0.2) is 4.39 Å². The van der Waals surface area contributed by atoms with Crippen LogP contribution >= 0.6 is 0 Å². The van der Waals surface area contributed by atoms with Gasteiger partial charge in [0.15, 0.2) is 0 Å². The maximum absolute atomic E-state index is 15.4. The lowest BCUT2D eigenvalue weighted by molar-refractivity contribution is 0.363. The van der Waals surface area contributed by atoms with Crippen molar-refractivity contribution in [2.75, 3.05) is 6.61 Å². The molecule has 0 amide bonds. The minimum Gasteiger partial charge on any atom is -0.490 e. The van der Waals surface area contributed by atoms with Crippen molar-refractivity contribution in [2.24, 2.45) is 0 Å². The Morgan fingerprint density at radius 1 is 0.765 bits per heavy atom. The summed E-state index contributed by atoms with van der Waals surface area (Å²) in [6.07, 6.45) is 9.13. The Balaban J connectivity index is 1.49. The third kappa shape index (κ3) is 5.75. The summed E-state index contributed by atoms with van der Waals surface area (Å²) in [5.41, 5.74) is 5.00. The molecule has 174 valence electrons. The van der Waals surface area contributed by atoms with E-state index in [4.69, 9.17) is 4.74 Å². The number of hydrogen-bond acceptors (Lipinski definition) is 1. The number of hydrogen-bond donors (Lipinski definition) is 0. The molecule has 34 heavy (non-hydrogen) atoms. The molecule has 0 aliphatic rings. The van der Waals surface area contributed by atoms with Crippen LogP contribution < -0.4 is 4.74 Å². The third-order valence-electron chi connectivity index (χ3n) is 6.34. The fourth-order valence-corrected chi connectivity index (χ4v) is 4.39. The zero-order valence-electron chi connectivity index (χ0n) is 20.0. The Labute approximate surface area is 202 Å². The van der Waals surface area contributed by atoms with Crippen LogP contribution in [0.2, 0.25) is 0 Å². The number of benzene rings is 4. The van der Waals surface area contributed by atoms with Crippen molar-refractivity contribution in [1.29, 1.82) is 0 Å². The average Bonchev–Trinajstić information content (AvgIpc) is 2.88. The van der Waals surface area contributed by atoms with E-state index in [-0.39, 0.29) is 5.82 Å². The average molecular weight is 453 g/mol. The molecule has 0 atom stereocenters. The van der Waals surface area contributed by atoms with Crippen LogP contribution in [0.25, 0.3) is 33.0 Å². The van der Waals surface area contributed by atoms with Gasteiger partial charge < -0.3 is 4.74 Å². The van der Waals surface area contributed by atoms with Crippen LogP contribution in [-0.2, 0) is 6.42 Å². The topological polar surface area (TPSA) is 9.23 Å². The largest absolute Gasteiger partial charge is 0.490 e. The van der Waals surface area contributed by atoms with Gasteiger partial charge in [-0.15, -0.1) is 0 Å². The minimum atomic E-state index is -0.150. The molecule has 0 radical (unpaired) electrons. The molecule has 0 aromatic heterocycles. The summed E-state index contributed by atoms with van der Waals surface area (Å²) in [7, 11) is 0. The van der Waals surface area contributed by atoms with Crippen molar-refractivity contribution in [3.8, 4) is 28.0 Å². The first-order valence-electron chi connectivity index (χ1n) is 12.4. The lowest BCUT2D eigenvalue weighted by atomic mass is 9.96. The van der Waals surface area contributed by atoms with Gasteiger partial charge in [-0.2, -0.15) is 0 Å². The Morgan fingerprint density at radius 2 is 1.44 bits per heavy atom. The molecule has 0 aliphatic carbocycles. The van der Waals surface area contributed by atoms with Gasteiger partial charge in [0.1, 0.15) is 18.2 Å². The monoisotopic (exact) mass is 452 g/mol. The Bertz CT molecular complexity index is 1220. The predicted octanol–water partition coefficient (Wildman–Crippen LogP) is 9.39. The highest BCUT2D eigenvalue weighted by atomic mass is 19.1. The highest BCUT2D eigenvalue weighted by molar-refractivity contribution is 5.89. The molecule has 0 aliphatic heterocycles. The van der Waals surface area contributed by atoms with Gasteiger partial charge >= 0.3 is 0 Å². The number of ether oxygens (including phenoxy) is 1. The highest BCUT2D eigenvalue weighted by Crippen LogP contribution is 2.32. The van der Waals surface area contributed by atoms with Gasteiger partial charge in [-0.3, -0.25) is 0 Å². The highest BCUT2D eigenvalue weighted by Gasteiger charge is 2.10. The SMILES string of the molecule is C=CCOc1ccc(-c2ccc(-c3ccc4cc(CCCCCCC)ccc4c3F)cc2)cc1. The Hall–Kier alpha value is -3.39. The maximum atomic E-state index is 15.4. The van der Waals surface area contributed by atoms with Gasteiger partial charge in [0.2, 0.25) is 0 Å². The second-order valence-corrected chi connectivity index (χ2v) is 8.85. The van der Waals surface area contributed by atoms with E-state index in [9.17, 15) is 0 Å². The fourth-order valence-electron chi connectivity index (χ4n) is 4.39. The zero-order valence-corrected chi connectivity index (χ0v) is 20.0. The Kier molecular flexibility index (Phi) is 8.14. The van der Waals surface area contributed by atoms with Crippen molar-refractivity contribution in [2.45, 2.75) is 45.4 Å². The molecule has 0 N–H and O–H groups in total. The molecule has 0 bridgehead atoms. The molecule has 0 saturated heterocycles. The van der Waals surface area contributed by atoms with E-state index >= 15 is 4.39 Å². The summed E-state index contributed by atoms with van der Waals surface area (Å²) in [6.45, 7) is 6.40. The molecule has 0 unspecified atom stereocenters. The van der Waals surface area contributed by atoms with Crippen molar-refractivity contribution >= 4 is 10.8 Å². The van der Waals surface area contributed by atoms with Crippen LogP contribution in [0, 0.1) is 5.82 Å². The standard InChI is InChI=1S/C32H33FO/c1-3-5-6-7-8-9-24-10-20-31-28(23-24)17-21-30(32(31)33)27-13-11-25(12-14-27)26-15-18-29(19-16-26)34-22-4-2/h4,10-21,23H,2-3,5-9,22H2,1H3.